The van der Waals surface area contributed by atoms with Gasteiger partial charge in [-0.15, -0.1) is 0 Å². The molecule has 3 N–H and O–H groups in total. The van der Waals surface area contributed by atoms with Gasteiger partial charge < -0.3 is 15.3 Å². The molecule has 5 rings (SSSR count). The van der Waals surface area contributed by atoms with E-state index in [4.69, 9.17) is 0 Å². The minimum Gasteiger partial charge on any atom is -0.481 e. The van der Waals surface area contributed by atoms with Crippen LogP contribution in [-0.2, 0) is 4.79 Å². The predicted molar refractivity (Wildman–Crippen MR) is 134 cm³/mol. The maximum absolute atomic E-state index is 12.8. The highest BCUT2D eigenvalue weighted by Crippen LogP contribution is 2.75. The molecule has 9 atom stereocenters. The Morgan fingerprint density at radius 1 is 0.882 bits per heavy atom. The van der Waals surface area contributed by atoms with Crippen LogP contribution >= 0.6 is 0 Å². The summed E-state index contributed by atoms with van der Waals surface area (Å²) >= 11 is 0. The quantitative estimate of drug-likeness (QED) is 0.397. The minimum absolute atomic E-state index is 0.00785. The van der Waals surface area contributed by atoms with E-state index in [2.05, 4.69) is 54.5 Å². The van der Waals surface area contributed by atoms with Gasteiger partial charge >= 0.3 is 5.97 Å². The number of aliphatic carboxylic acids is 1. The molecule has 0 radical (unpaired) electrons. The molecule has 0 aromatic rings. The number of aliphatic hydroxyl groups is 2. The molecule has 192 valence electrons. The molecule has 0 amide bonds. The van der Waals surface area contributed by atoms with E-state index in [1.54, 1.807) is 0 Å². The first-order chi connectivity index (χ1) is 15.6. The molecule has 0 bridgehead atoms. The zero-order valence-corrected chi connectivity index (χ0v) is 22.6. The van der Waals surface area contributed by atoms with Crippen LogP contribution in [0, 0.1) is 50.2 Å². The molecule has 0 unspecified atom stereocenters. The molecule has 0 saturated heterocycles. The van der Waals surface area contributed by atoms with E-state index in [9.17, 15) is 20.1 Å². The minimum atomic E-state index is -0.679. The Labute approximate surface area is 206 Å². The van der Waals surface area contributed by atoms with Crippen LogP contribution in [0.15, 0.2) is 11.6 Å². The molecular formula is C30H48O4. The highest BCUT2D eigenvalue weighted by molar-refractivity contribution is 5.76. The van der Waals surface area contributed by atoms with Crippen molar-refractivity contribution in [1.82, 2.24) is 0 Å². The zero-order chi connectivity index (χ0) is 25.1. The van der Waals surface area contributed by atoms with Crippen LogP contribution in [0.2, 0.25) is 0 Å². The predicted octanol–water partition coefficient (Wildman–Crippen LogP) is 6.20. The van der Waals surface area contributed by atoms with Gasteiger partial charge in [-0.3, -0.25) is 4.79 Å². The maximum atomic E-state index is 12.8. The molecule has 0 aromatic heterocycles. The average molecular weight is 473 g/mol. The van der Waals surface area contributed by atoms with Gasteiger partial charge in [0, 0.05) is 0 Å². The first-order valence-corrected chi connectivity index (χ1v) is 13.9. The SMILES string of the molecule is CC1(C)CC[C@]2(C(=O)O)CC[C@]3(C)C(=CC[C@@H]4[C@]5(C)C[C@H](O)[C@@H](O)C(C)(C)[C@@H]5CC[C@]43C)[C@H]2C1. The first kappa shape index (κ1) is 24.8. The summed E-state index contributed by atoms with van der Waals surface area (Å²) in [5.41, 5.74) is 0.754. The summed E-state index contributed by atoms with van der Waals surface area (Å²) in [5, 5.41) is 32.4. The lowest BCUT2D eigenvalue weighted by molar-refractivity contribution is -0.231. The number of carboxylic acid groups (broad SMARTS) is 1. The fraction of sp³-hybridized carbons (Fsp3) is 0.900. The van der Waals surface area contributed by atoms with Crippen molar-refractivity contribution in [3.63, 3.8) is 0 Å². The van der Waals surface area contributed by atoms with E-state index in [1.165, 1.54) is 5.57 Å². The molecular weight excluding hydrogens is 424 g/mol. The second-order valence-corrected chi connectivity index (χ2v) is 15.2. The summed E-state index contributed by atoms with van der Waals surface area (Å²) in [4.78, 5) is 12.8. The molecule has 4 heteroatoms. The van der Waals surface area contributed by atoms with Crippen molar-refractivity contribution >= 4 is 5.97 Å². The number of carbonyl (C=O) groups is 1. The third-order valence-electron chi connectivity index (χ3n) is 13.0. The number of carboxylic acids is 1. The van der Waals surface area contributed by atoms with Crippen molar-refractivity contribution < 1.29 is 20.1 Å². The largest absolute Gasteiger partial charge is 0.481 e. The van der Waals surface area contributed by atoms with E-state index >= 15 is 0 Å². The van der Waals surface area contributed by atoms with Crippen LogP contribution < -0.4 is 0 Å². The summed E-state index contributed by atoms with van der Waals surface area (Å²) in [5.74, 6) is 0.365. The Hall–Kier alpha value is -0.870. The molecule has 0 aliphatic heterocycles. The Balaban J connectivity index is 1.61. The Bertz CT molecular complexity index is 919. The summed E-state index contributed by atoms with van der Waals surface area (Å²) < 4.78 is 0. The van der Waals surface area contributed by atoms with E-state index in [0.29, 0.717) is 18.3 Å². The number of aliphatic hydroxyl groups excluding tert-OH is 2. The standard InChI is InChI=1S/C30H48O4/c1-25(2)12-14-30(24(33)34)15-13-28(6)18(19(30)16-25)8-9-22-27(5)17-20(31)23(32)26(3,4)21(27)10-11-29(22,28)7/h8,19-23,31-32H,9-17H2,1-7H3,(H,33,34)/t19-,20+,21+,22-,23-,27-,28-,29-,30+/m1/s1. The van der Waals surface area contributed by atoms with Crippen molar-refractivity contribution in [2.75, 3.05) is 0 Å². The monoisotopic (exact) mass is 472 g/mol. The lowest BCUT2D eigenvalue weighted by atomic mass is 9.33. The second kappa shape index (κ2) is 7.12. The van der Waals surface area contributed by atoms with Crippen molar-refractivity contribution in [2.24, 2.45) is 50.2 Å². The average Bonchev–Trinajstić information content (AvgIpc) is 2.72. The van der Waals surface area contributed by atoms with Crippen LogP contribution in [0.25, 0.3) is 0 Å². The number of allylic oxidation sites excluding steroid dienone is 2. The van der Waals surface area contributed by atoms with E-state index in [0.717, 1.165) is 51.4 Å². The highest BCUT2D eigenvalue weighted by atomic mass is 16.4. The number of hydrogen-bond acceptors (Lipinski definition) is 3. The smallest absolute Gasteiger partial charge is 0.310 e. The van der Waals surface area contributed by atoms with Gasteiger partial charge in [0.15, 0.2) is 0 Å². The van der Waals surface area contributed by atoms with Gasteiger partial charge in [-0.2, -0.15) is 0 Å². The fourth-order valence-electron chi connectivity index (χ4n) is 10.8. The zero-order valence-electron chi connectivity index (χ0n) is 22.6. The van der Waals surface area contributed by atoms with E-state index in [1.807, 2.05) is 0 Å². The first-order valence-electron chi connectivity index (χ1n) is 13.9. The van der Waals surface area contributed by atoms with Gasteiger partial charge in [-0.1, -0.05) is 60.1 Å². The molecule has 5 aliphatic rings. The van der Waals surface area contributed by atoms with Gasteiger partial charge in [0.25, 0.3) is 0 Å². The molecule has 34 heavy (non-hydrogen) atoms. The molecule has 0 spiro atoms. The number of fused-ring (bicyclic) bond motifs is 7. The summed E-state index contributed by atoms with van der Waals surface area (Å²) in [7, 11) is 0. The van der Waals surface area contributed by atoms with Crippen molar-refractivity contribution in [1.29, 1.82) is 0 Å². The topological polar surface area (TPSA) is 77.8 Å². The number of rotatable bonds is 1. The van der Waals surface area contributed by atoms with Gasteiger partial charge in [0.1, 0.15) is 0 Å². The fourth-order valence-corrected chi connectivity index (χ4v) is 10.8. The second-order valence-electron chi connectivity index (χ2n) is 15.2. The van der Waals surface area contributed by atoms with Gasteiger partial charge in [-0.05, 0) is 103 Å². The molecule has 4 nitrogen and oxygen atoms in total. The molecule has 4 fully saturated rings. The summed E-state index contributed by atoms with van der Waals surface area (Å²) in [6.07, 6.45) is 9.45. The highest BCUT2D eigenvalue weighted by Gasteiger charge is 2.70. The molecule has 4 saturated carbocycles. The molecule has 0 heterocycles. The normalized spacial score (nSPS) is 53.4. The lowest BCUT2D eigenvalue weighted by Crippen LogP contribution is -2.67. The third kappa shape index (κ3) is 2.88. The van der Waals surface area contributed by atoms with Crippen molar-refractivity contribution in [3.8, 4) is 0 Å². The van der Waals surface area contributed by atoms with Gasteiger partial charge in [0.2, 0.25) is 0 Å². The van der Waals surface area contributed by atoms with Crippen molar-refractivity contribution in [2.45, 2.75) is 118 Å². The third-order valence-corrected chi connectivity index (χ3v) is 13.0. The van der Waals surface area contributed by atoms with Crippen LogP contribution in [-0.4, -0.2) is 33.5 Å². The van der Waals surface area contributed by atoms with Crippen molar-refractivity contribution in [3.05, 3.63) is 11.6 Å². The maximum Gasteiger partial charge on any atom is 0.310 e. The van der Waals surface area contributed by atoms with E-state index < -0.39 is 23.6 Å². The van der Waals surface area contributed by atoms with E-state index in [-0.39, 0.29) is 33.0 Å². The van der Waals surface area contributed by atoms with Gasteiger partial charge in [0.05, 0.1) is 17.6 Å². The lowest BCUT2D eigenvalue weighted by Gasteiger charge is -2.71. The Kier molecular flexibility index (Phi) is 5.20. The van der Waals surface area contributed by atoms with Gasteiger partial charge in [-0.25, -0.2) is 0 Å². The molecule has 5 aliphatic carbocycles. The Morgan fingerprint density at radius 2 is 1.53 bits per heavy atom. The molecule has 0 aromatic carbocycles. The van der Waals surface area contributed by atoms with Crippen LogP contribution in [0.3, 0.4) is 0 Å². The summed E-state index contributed by atoms with van der Waals surface area (Å²) in [6.45, 7) is 16.3. The van der Waals surface area contributed by atoms with Crippen LogP contribution in [0.4, 0.5) is 0 Å². The summed E-state index contributed by atoms with van der Waals surface area (Å²) in [6, 6.07) is 0. The number of hydrogen-bond donors (Lipinski definition) is 3. The van der Waals surface area contributed by atoms with Crippen LogP contribution in [0.1, 0.15) is 106 Å². The Morgan fingerprint density at radius 3 is 2.18 bits per heavy atom. The van der Waals surface area contributed by atoms with Crippen LogP contribution in [0.5, 0.6) is 0 Å².